The minimum absolute atomic E-state index is 0.338. The summed E-state index contributed by atoms with van der Waals surface area (Å²) in [6, 6.07) is -2.91. The van der Waals surface area contributed by atoms with Gasteiger partial charge in [-0.2, -0.15) is 0 Å². The molecule has 4 atom stereocenters. The zero-order chi connectivity index (χ0) is 21.3. The molecule has 6 N–H and O–H groups in total. The maximum atomic E-state index is 12.6. The average molecular weight is 400 g/mol. The SMILES string of the molecule is CCC(C)C(NC(=O)C(CC(=O)O)NC(=O)C1CCCN1)C(=O)NCC(=O)O. The Morgan fingerprint density at radius 1 is 1.07 bits per heavy atom. The van der Waals surface area contributed by atoms with Crippen LogP contribution in [0.25, 0.3) is 0 Å². The van der Waals surface area contributed by atoms with Gasteiger partial charge in [-0.1, -0.05) is 20.3 Å². The molecule has 3 amide bonds. The van der Waals surface area contributed by atoms with Crippen molar-refractivity contribution in [3.05, 3.63) is 0 Å². The maximum absolute atomic E-state index is 12.6. The monoisotopic (exact) mass is 400 g/mol. The fourth-order valence-electron chi connectivity index (χ4n) is 2.79. The molecule has 11 heteroatoms. The number of amides is 3. The molecule has 1 rings (SSSR count). The van der Waals surface area contributed by atoms with E-state index in [1.54, 1.807) is 13.8 Å². The Balaban J connectivity index is 2.84. The van der Waals surface area contributed by atoms with Gasteiger partial charge in [0, 0.05) is 0 Å². The van der Waals surface area contributed by atoms with Crippen LogP contribution in [0.1, 0.15) is 39.5 Å². The molecule has 1 aliphatic rings. The van der Waals surface area contributed by atoms with Crippen molar-refractivity contribution < 1.29 is 34.2 Å². The van der Waals surface area contributed by atoms with E-state index in [-0.39, 0.29) is 5.92 Å². The lowest BCUT2D eigenvalue weighted by Crippen LogP contribution is -2.57. The Morgan fingerprint density at radius 2 is 1.75 bits per heavy atom. The lowest BCUT2D eigenvalue weighted by atomic mass is 9.97. The Kier molecular flexibility index (Phi) is 9.36. The molecule has 158 valence electrons. The van der Waals surface area contributed by atoms with Crippen molar-refractivity contribution in [3.63, 3.8) is 0 Å². The lowest BCUT2D eigenvalue weighted by Gasteiger charge is -2.26. The third kappa shape index (κ3) is 7.51. The molecule has 0 aliphatic carbocycles. The van der Waals surface area contributed by atoms with Gasteiger partial charge in [0.15, 0.2) is 0 Å². The van der Waals surface area contributed by atoms with E-state index < -0.39 is 60.8 Å². The Hall–Kier alpha value is -2.69. The minimum Gasteiger partial charge on any atom is -0.481 e. The first-order chi connectivity index (χ1) is 13.1. The van der Waals surface area contributed by atoms with E-state index >= 15 is 0 Å². The van der Waals surface area contributed by atoms with Gasteiger partial charge in [-0.3, -0.25) is 24.0 Å². The fraction of sp³-hybridized carbons (Fsp3) is 0.706. The third-order valence-corrected chi connectivity index (χ3v) is 4.60. The number of carbonyl (C=O) groups excluding carboxylic acids is 3. The summed E-state index contributed by atoms with van der Waals surface area (Å²) < 4.78 is 0. The van der Waals surface area contributed by atoms with Gasteiger partial charge < -0.3 is 31.5 Å². The van der Waals surface area contributed by atoms with Crippen LogP contribution in [0, 0.1) is 5.92 Å². The van der Waals surface area contributed by atoms with Crippen molar-refractivity contribution in [1.29, 1.82) is 0 Å². The predicted molar refractivity (Wildman–Crippen MR) is 97.2 cm³/mol. The topological polar surface area (TPSA) is 174 Å². The van der Waals surface area contributed by atoms with Crippen LogP contribution in [0.15, 0.2) is 0 Å². The summed E-state index contributed by atoms with van der Waals surface area (Å²) in [5, 5.41) is 27.8. The van der Waals surface area contributed by atoms with Crippen LogP contribution in [-0.4, -0.2) is 71.1 Å². The standard InChI is InChI=1S/C17H28N4O7/c1-3-9(2)14(17(28)19-8-13(24)25)21-16(27)11(7-12(22)23)20-15(26)10-5-4-6-18-10/h9-11,14,18H,3-8H2,1-2H3,(H,19,28)(H,20,26)(H,21,27)(H,22,23)(H,24,25). The van der Waals surface area contributed by atoms with Crippen molar-refractivity contribution in [2.45, 2.75) is 57.7 Å². The van der Waals surface area contributed by atoms with Crippen LogP contribution in [0.4, 0.5) is 0 Å². The molecule has 0 bridgehead atoms. The first-order valence-corrected chi connectivity index (χ1v) is 9.21. The molecule has 1 saturated heterocycles. The van der Waals surface area contributed by atoms with E-state index in [1.165, 1.54) is 0 Å². The van der Waals surface area contributed by atoms with Crippen molar-refractivity contribution in [3.8, 4) is 0 Å². The molecular weight excluding hydrogens is 372 g/mol. The zero-order valence-electron chi connectivity index (χ0n) is 16.0. The predicted octanol–water partition coefficient (Wildman–Crippen LogP) is -1.57. The van der Waals surface area contributed by atoms with Gasteiger partial charge in [-0.05, 0) is 25.3 Å². The number of carboxylic acid groups (broad SMARTS) is 2. The summed E-state index contributed by atoms with van der Waals surface area (Å²) in [4.78, 5) is 58.8. The molecule has 0 aromatic carbocycles. The van der Waals surface area contributed by atoms with Crippen LogP contribution in [0.5, 0.6) is 0 Å². The molecule has 0 saturated carbocycles. The molecule has 4 unspecified atom stereocenters. The van der Waals surface area contributed by atoms with Gasteiger partial charge >= 0.3 is 11.9 Å². The van der Waals surface area contributed by atoms with E-state index in [4.69, 9.17) is 10.2 Å². The van der Waals surface area contributed by atoms with Gasteiger partial charge in [0.05, 0.1) is 12.5 Å². The van der Waals surface area contributed by atoms with Gasteiger partial charge in [-0.15, -0.1) is 0 Å². The Morgan fingerprint density at radius 3 is 2.25 bits per heavy atom. The second kappa shape index (κ2) is 11.2. The number of hydrogen-bond donors (Lipinski definition) is 6. The van der Waals surface area contributed by atoms with E-state index in [0.29, 0.717) is 19.4 Å². The van der Waals surface area contributed by atoms with E-state index in [1.807, 2.05) is 0 Å². The van der Waals surface area contributed by atoms with Crippen LogP contribution >= 0.6 is 0 Å². The molecule has 1 aliphatic heterocycles. The van der Waals surface area contributed by atoms with Crippen molar-refractivity contribution in [2.24, 2.45) is 5.92 Å². The Bertz CT molecular complexity index is 604. The summed E-state index contributed by atoms with van der Waals surface area (Å²) in [5.74, 6) is -4.84. The first kappa shape index (κ1) is 23.3. The molecular formula is C17H28N4O7. The smallest absolute Gasteiger partial charge is 0.322 e. The normalized spacial score (nSPS) is 19.1. The highest BCUT2D eigenvalue weighted by atomic mass is 16.4. The quantitative estimate of drug-likeness (QED) is 0.241. The highest BCUT2D eigenvalue weighted by Crippen LogP contribution is 2.10. The third-order valence-electron chi connectivity index (χ3n) is 4.60. The lowest BCUT2D eigenvalue weighted by molar-refractivity contribution is -0.142. The van der Waals surface area contributed by atoms with Gasteiger partial charge in [0.2, 0.25) is 17.7 Å². The maximum Gasteiger partial charge on any atom is 0.322 e. The number of rotatable bonds is 11. The first-order valence-electron chi connectivity index (χ1n) is 9.21. The van der Waals surface area contributed by atoms with Gasteiger partial charge in [0.1, 0.15) is 18.6 Å². The second-order valence-electron chi connectivity index (χ2n) is 6.79. The number of carboxylic acids is 2. The number of hydrogen-bond acceptors (Lipinski definition) is 6. The van der Waals surface area contributed by atoms with Crippen LogP contribution in [0.2, 0.25) is 0 Å². The zero-order valence-corrected chi connectivity index (χ0v) is 16.0. The summed E-state index contributed by atoms with van der Waals surface area (Å²) in [6.07, 6.45) is 1.25. The van der Waals surface area contributed by atoms with Crippen molar-refractivity contribution >= 4 is 29.7 Å². The Labute approximate surface area is 162 Å². The van der Waals surface area contributed by atoms with E-state index in [9.17, 15) is 24.0 Å². The second-order valence-corrected chi connectivity index (χ2v) is 6.79. The highest BCUT2D eigenvalue weighted by Gasteiger charge is 2.32. The van der Waals surface area contributed by atoms with Gasteiger partial charge in [-0.25, -0.2) is 0 Å². The molecule has 11 nitrogen and oxygen atoms in total. The number of carbonyl (C=O) groups is 5. The molecule has 0 aromatic rings. The average Bonchev–Trinajstić information content (AvgIpc) is 3.17. The number of nitrogens with one attached hydrogen (secondary N) is 4. The van der Waals surface area contributed by atoms with Gasteiger partial charge in [0.25, 0.3) is 0 Å². The molecule has 1 heterocycles. The number of aliphatic carboxylic acids is 2. The summed E-state index contributed by atoms with van der Waals surface area (Å²) in [5.41, 5.74) is 0. The van der Waals surface area contributed by atoms with Crippen LogP contribution < -0.4 is 21.3 Å². The molecule has 28 heavy (non-hydrogen) atoms. The summed E-state index contributed by atoms with van der Waals surface area (Å²) >= 11 is 0. The molecule has 1 fully saturated rings. The molecule has 0 radical (unpaired) electrons. The highest BCUT2D eigenvalue weighted by molar-refractivity contribution is 5.95. The van der Waals surface area contributed by atoms with Crippen LogP contribution in [-0.2, 0) is 24.0 Å². The minimum atomic E-state index is -1.36. The molecule has 0 spiro atoms. The fourth-order valence-corrected chi connectivity index (χ4v) is 2.79. The summed E-state index contributed by atoms with van der Waals surface area (Å²) in [6.45, 7) is 3.53. The van der Waals surface area contributed by atoms with Crippen molar-refractivity contribution in [2.75, 3.05) is 13.1 Å². The van der Waals surface area contributed by atoms with Crippen LogP contribution in [0.3, 0.4) is 0 Å². The van der Waals surface area contributed by atoms with E-state index in [2.05, 4.69) is 21.3 Å². The van der Waals surface area contributed by atoms with Crippen molar-refractivity contribution in [1.82, 2.24) is 21.3 Å². The molecule has 0 aromatic heterocycles. The van der Waals surface area contributed by atoms with E-state index in [0.717, 1.165) is 6.42 Å². The largest absolute Gasteiger partial charge is 0.481 e. The summed E-state index contributed by atoms with van der Waals surface area (Å²) in [7, 11) is 0.